The van der Waals surface area contributed by atoms with Crippen LogP contribution in [0.3, 0.4) is 0 Å². The van der Waals surface area contributed by atoms with Crippen molar-refractivity contribution in [1.82, 2.24) is 0 Å². The normalized spacial score (nSPS) is 13.5. The van der Waals surface area contributed by atoms with E-state index in [1.54, 1.807) is 6.08 Å². The quantitative estimate of drug-likeness (QED) is 0.663. The van der Waals surface area contributed by atoms with Gasteiger partial charge >= 0.3 is 11.9 Å². The number of anilines is 1. The van der Waals surface area contributed by atoms with Crippen LogP contribution in [-0.4, -0.2) is 32.1 Å². The van der Waals surface area contributed by atoms with Crippen LogP contribution >= 0.6 is 0 Å². The van der Waals surface area contributed by atoms with Crippen molar-refractivity contribution in [3.63, 3.8) is 0 Å². The van der Waals surface area contributed by atoms with Crippen LogP contribution in [0.1, 0.15) is 40.0 Å². The SMILES string of the molecule is COC(=O)c1cc(NC(=O)C=CC2=CCCC2)cc(C(=O)OC)c1. The molecule has 0 saturated carbocycles. The molecule has 0 aliphatic heterocycles. The second-order valence-electron chi connectivity index (χ2n) is 5.28. The molecule has 0 heterocycles. The second-order valence-corrected chi connectivity index (χ2v) is 5.28. The Balaban J connectivity index is 2.19. The summed E-state index contributed by atoms with van der Waals surface area (Å²) in [6, 6.07) is 4.24. The monoisotopic (exact) mass is 329 g/mol. The van der Waals surface area contributed by atoms with E-state index in [1.807, 2.05) is 0 Å². The third-order valence-corrected chi connectivity index (χ3v) is 3.57. The minimum absolute atomic E-state index is 0.151. The lowest BCUT2D eigenvalue weighted by atomic mass is 10.1. The summed E-state index contributed by atoms with van der Waals surface area (Å²) in [7, 11) is 2.48. The molecule has 6 heteroatoms. The van der Waals surface area contributed by atoms with Gasteiger partial charge in [0, 0.05) is 11.8 Å². The van der Waals surface area contributed by atoms with E-state index < -0.39 is 11.9 Å². The van der Waals surface area contributed by atoms with Crippen molar-refractivity contribution in [2.24, 2.45) is 0 Å². The minimum atomic E-state index is -0.608. The van der Waals surface area contributed by atoms with E-state index in [-0.39, 0.29) is 17.0 Å². The van der Waals surface area contributed by atoms with Gasteiger partial charge in [-0.15, -0.1) is 0 Å². The van der Waals surface area contributed by atoms with Crippen LogP contribution in [-0.2, 0) is 14.3 Å². The van der Waals surface area contributed by atoms with E-state index in [0.29, 0.717) is 5.69 Å². The standard InChI is InChI=1S/C18H19NO5/c1-23-17(21)13-9-14(18(22)24-2)11-15(10-13)19-16(20)8-7-12-5-3-4-6-12/h5,7-11H,3-4,6H2,1-2H3,(H,19,20). The van der Waals surface area contributed by atoms with Gasteiger partial charge in [0.25, 0.3) is 0 Å². The van der Waals surface area contributed by atoms with Crippen LogP contribution in [0.15, 0.2) is 42.0 Å². The van der Waals surface area contributed by atoms with E-state index in [0.717, 1.165) is 24.8 Å². The molecule has 0 saturated heterocycles. The van der Waals surface area contributed by atoms with Crippen LogP contribution < -0.4 is 5.32 Å². The molecule has 2 rings (SSSR count). The Kier molecular flexibility index (Phi) is 5.89. The molecule has 0 fully saturated rings. The number of ether oxygens (including phenoxy) is 2. The number of esters is 2. The van der Waals surface area contributed by atoms with Gasteiger partial charge in [0.15, 0.2) is 0 Å². The fourth-order valence-corrected chi connectivity index (χ4v) is 2.38. The Morgan fingerprint density at radius 1 is 1.04 bits per heavy atom. The summed E-state index contributed by atoms with van der Waals surface area (Å²) in [4.78, 5) is 35.4. The Morgan fingerprint density at radius 3 is 2.17 bits per heavy atom. The molecule has 0 aromatic heterocycles. The number of methoxy groups -OCH3 is 2. The molecular formula is C18H19NO5. The predicted molar refractivity (Wildman–Crippen MR) is 88.8 cm³/mol. The fourth-order valence-electron chi connectivity index (χ4n) is 2.38. The zero-order valence-corrected chi connectivity index (χ0v) is 13.6. The van der Waals surface area contributed by atoms with Gasteiger partial charge in [-0.25, -0.2) is 9.59 Å². The van der Waals surface area contributed by atoms with Gasteiger partial charge in [0.05, 0.1) is 25.3 Å². The molecule has 1 aromatic rings. The molecule has 0 bridgehead atoms. The maximum Gasteiger partial charge on any atom is 0.337 e. The molecule has 1 amide bonds. The summed E-state index contributed by atoms with van der Waals surface area (Å²) in [5.74, 6) is -1.56. The number of carbonyl (C=O) groups excluding carboxylic acids is 3. The molecule has 24 heavy (non-hydrogen) atoms. The second kappa shape index (κ2) is 8.10. The first kappa shape index (κ1) is 17.5. The fraction of sp³-hybridized carbons (Fsp3) is 0.278. The van der Waals surface area contributed by atoms with Gasteiger partial charge < -0.3 is 14.8 Å². The van der Waals surface area contributed by atoms with Crippen molar-refractivity contribution in [3.05, 3.63) is 53.1 Å². The third-order valence-electron chi connectivity index (χ3n) is 3.57. The first-order valence-electron chi connectivity index (χ1n) is 7.53. The Hall–Kier alpha value is -2.89. The Morgan fingerprint density at radius 2 is 1.67 bits per heavy atom. The molecule has 126 valence electrons. The topological polar surface area (TPSA) is 81.7 Å². The van der Waals surface area contributed by atoms with E-state index in [2.05, 4.69) is 20.9 Å². The molecule has 0 spiro atoms. The molecular weight excluding hydrogens is 310 g/mol. The number of hydrogen-bond donors (Lipinski definition) is 1. The minimum Gasteiger partial charge on any atom is -0.465 e. The average Bonchev–Trinajstić information content (AvgIpc) is 3.11. The largest absolute Gasteiger partial charge is 0.465 e. The van der Waals surface area contributed by atoms with Gasteiger partial charge in [-0.3, -0.25) is 4.79 Å². The number of carbonyl (C=O) groups is 3. The van der Waals surface area contributed by atoms with Crippen LogP contribution in [0.5, 0.6) is 0 Å². The molecule has 0 atom stereocenters. The third kappa shape index (κ3) is 4.55. The van der Waals surface area contributed by atoms with Crippen LogP contribution in [0, 0.1) is 0 Å². The van der Waals surface area contributed by atoms with Gasteiger partial charge in [0.1, 0.15) is 0 Å². The maximum atomic E-state index is 12.0. The van der Waals surface area contributed by atoms with Crippen molar-refractivity contribution in [3.8, 4) is 0 Å². The number of rotatable bonds is 5. The first-order chi connectivity index (χ1) is 11.5. The van der Waals surface area contributed by atoms with Crippen LogP contribution in [0.25, 0.3) is 0 Å². The lowest BCUT2D eigenvalue weighted by Gasteiger charge is -2.08. The molecule has 1 N–H and O–H groups in total. The first-order valence-corrected chi connectivity index (χ1v) is 7.53. The summed E-state index contributed by atoms with van der Waals surface area (Å²) in [5, 5.41) is 2.64. The highest BCUT2D eigenvalue weighted by Gasteiger charge is 2.14. The number of hydrogen-bond acceptors (Lipinski definition) is 5. The lowest BCUT2D eigenvalue weighted by molar-refractivity contribution is -0.111. The summed E-state index contributed by atoms with van der Waals surface area (Å²) >= 11 is 0. The maximum absolute atomic E-state index is 12.0. The summed E-state index contributed by atoms with van der Waals surface area (Å²) in [6.07, 6.45) is 8.40. The summed E-state index contributed by atoms with van der Waals surface area (Å²) in [5.41, 5.74) is 1.74. The number of amides is 1. The van der Waals surface area contributed by atoms with Gasteiger partial charge in [-0.1, -0.05) is 17.7 Å². The molecule has 1 aliphatic rings. The number of benzene rings is 1. The highest BCUT2D eigenvalue weighted by molar-refractivity contribution is 6.02. The molecule has 1 aliphatic carbocycles. The average molecular weight is 329 g/mol. The van der Waals surface area contributed by atoms with Crippen molar-refractivity contribution >= 4 is 23.5 Å². The van der Waals surface area contributed by atoms with E-state index in [1.165, 1.54) is 38.5 Å². The zero-order valence-electron chi connectivity index (χ0n) is 13.6. The van der Waals surface area contributed by atoms with Gasteiger partial charge in [-0.05, 0) is 37.5 Å². The Labute approximate surface area is 140 Å². The van der Waals surface area contributed by atoms with E-state index >= 15 is 0 Å². The van der Waals surface area contributed by atoms with Gasteiger partial charge in [0.2, 0.25) is 5.91 Å². The number of nitrogens with one attached hydrogen (secondary N) is 1. The Bertz CT molecular complexity index is 684. The summed E-state index contributed by atoms with van der Waals surface area (Å²) < 4.78 is 9.31. The molecule has 6 nitrogen and oxygen atoms in total. The zero-order chi connectivity index (χ0) is 17.5. The van der Waals surface area contributed by atoms with Crippen molar-refractivity contribution in [2.75, 3.05) is 19.5 Å². The molecule has 1 aromatic carbocycles. The van der Waals surface area contributed by atoms with E-state index in [9.17, 15) is 14.4 Å². The van der Waals surface area contributed by atoms with Gasteiger partial charge in [-0.2, -0.15) is 0 Å². The highest BCUT2D eigenvalue weighted by Crippen LogP contribution is 2.19. The molecule has 0 radical (unpaired) electrons. The van der Waals surface area contributed by atoms with Crippen molar-refractivity contribution in [1.29, 1.82) is 0 Å². The van der Waals surface area contributed by atoms with Crippen LogP contribution in [0.4, 0.5) is 5.69 Å². The molecule has 0 unspecified atom stereocenters. The van der Waals surface area contributed by atoms with Crippen molar-refractivity contribution in [2.45, 2.75) is 19.3 Å². The predicted octanol–water partition coefficient (Wildman–Crippen LogP) is 2.86. The van der Waals surface area contributed by atoms with Crippen molar-refractivity contribution < 1.29 is 23.9 Å². The lowest BCUT2D eigenvalue weighted by Crippen LogP contribution is -2.12. The van der Waals surface area contributed by atoms with E-state index in [4.69, 9.17) is 0 Å². The van der Waals surface area contributed by atoms with Crippen LogP contribution in [0.2, 0.25) is 0 Å². The summed E-state index contributed by atoms with van der Waals surface area (Å²) in [6.45, 7) is 0. The highest BCUT2D eigenvalue weighted by atomic mass is 16.5. The smallest absolute Gasteiger partial charge is 0.337 e. The number of allylic oxidation sites excluding steroid dienone is 3.